The summed E-state index contributed by atoms with van der Waals surface area (Å²) in [5, 5.41) is 9.06. The highest BCUT2D eigenvalue weighted by molar-refractivity contribution is 9.10. The molecule has 15 heavy (non-hydrogen) atoms. The molecule has 0 radical (unpaired) electrons. The third kappa shape index (κ3) is 3.03. The van der Waals surface area contributed by atoms with Gasteiger partial charge in [-0.25, -0.2) is 0 Å². The lowest BCUT2D eigenvalue weighted by Crippen LogP contribution is -2.20. The van der Waals surface area contributed by atoms with Crippen molar-refractivity contribution in [2.24, 2.45) is 5.92 Å². The molecule has 0 unspecified atom stereocenters. The Bertz CT molecular complexity index is 329. The third-order valence-corrected chi connectivity index (χ3v) is 3.42. The molecule has 2 rings (SSSR count). The lowest BCUT2D eigenvalue weighted by atomic mass is 10.1. The fourth-order valence-corrected chi connectivity index (χ4v) is 2.55. The van der Waals surface area contributed by atoms with Crippen molar-refractivity contribution >= 4 is 15.9 Å². The predicted molar refractivity (Wildman–Crippen MR) is 64.6 cm³/mol. The van der Waals surface area contributed by atoms with Gasteiger partial charge < -0.3 is 5.11 Å². The second-order valence-electron chi connectivity index (χ2n) is 4.20. The average Bonchev–Trinajstić information content (AvgIpc) is 2.65. The van der Waals surface area contributed by atoms with Crippen LogP contribution < -0.4 is 0 Å². The second kappa shape index (κ2) is 5.10. The van der Waals surface area contributed by atoms with Gasteiger partial charge in [0.2, 0.25) is 0 Å². The van der Waals surface area contributed by atoms with E-state index in [-0.39, 0.29) is 0 Å². The first-order valence-corrected chi connectivity index (χ1v) is 6.15. The molecule has 1 aliphatic heterocycles. The zero-order valence-electron chi connectivity index (χ0n) is 8.69. The molecule has 82 valence electrons. The molecule has 1 atom stereocenters. The van der Waals surface area contributed by atoms with Crippen molar-refractivity contribution < 1.29 is 5.11 Å². The van der Waals surface area contributed by atoms with Gasteiger partial charge in [-0.1, -0.05) is 28.1 Å². The van der Waals surface area contributed by atoms with Crippen LogP contribution in [0.3, 0.4) is 0 Å². The van der Waals surface area contributed by atoms with E-state index in [9.17, 15) is 0 Å². The Hall–Kier alpha value is -0.380. The number of likely N-dealkylation sites (tertiary alicyclic amines) is 1. The topological polar surface area (TPSA) is 23.5 Å². The van der Waals surface area contributed by atoms with E-state index >= 15 is 0 Å². The van der Waals surface area contributed by atoms with Crippen LogP contribution in [0.25, 0.3) is 0 Å². The number of rotatable bonds is 3. The van der Waals surface area contributed by atoms with Crippen molar-refractivity contribution in [2.45, 2.75) is 13.0 Å². The van der Waals surface area contributed by atoms with Crippen molar-refractivity contribution in [3.8, 4) is 0 Å². The highest BCUT2D eigenvalue weighted by Gasteiger charge is 2.21. The SMILES string of the molecule is OC[C@H]1CCN(Cc2cccc(Br)c2)C1. The van der Waals surface area contributed by atoms with Gasteiger partial charge in [-0.2, -0.15) is 0 Å². The summed E-state index contributed by atoms with van der Waals surface area (Å²) in [6, 6.07) is 8.42. The summed E-state index contributed by atoms with van der Waals surface area (Å²) < 4.78 is 1.14. The van der Waals surface area contributed by atoms with Crippen LogP contribution in [0, 0.1) is 5.92 Å². The van der Waals surface area contributed by atoms with Crippen LogP contribution in [0.1, 0.15) is 12.0 Å². The number of hydrogen-bond donors (Lipinski definition) is 1. The molecule has 0 bridgehead atoms. The summed E-state index contributed by atoms with van der Waals surface area (Å²) in [5.74, 6) is 0.483. The highest BCUT2D eigenvalue weighted by Crippen LogP contribution is 2.19. The Morgan fingerprint density at radius 1 is 1.47 bits per heavy atom. The first-order chi connectivity index (χ1) is 7.28. The van der Waals surface area contributed by atoms with Gasteiger partial charge in [-0.15, -0.1) is 0 Å². The quantitative estimate of drug-likeness (QED) is 0.910. The number of halogens is 1. The number of benzene rings is 1. The number of aliphatic hydroxyl groups excluding tert-OH is 1. The van der Waals surface area contributed by atoms with E-state index in [0.29, 0.717) is 12.5 Å². The van der Waals surface area contributed by atoms with Crippen LogP contribution in [0.15, 0.2) is 28.7 Å². The molecule has 0 aliphatic carbocycles. The first kappa shape index (κ1) is 11.1. The van der Waals surface area contributed by atoms with Crippen molar-refractivity contribution in [2.75, 3.05) is 19.7 Å². The maximum Gasteiger partial charge on any atom is 0.0471 e. The minimum atomic E-state index is 0.328. The van der Waals surface area contributed by atoms with Gasteiger partial charge in [0.1, 0.15) is 0 Å². The molecule has 3 heteroatoms. The van der Waals surface area contributed by atoms with E-state index in [2.05, 4.69) is 39.0 Å². The van der Waals surface area contributed by atoms with Crippen molar-refractivity contribution in [3.63, 3.8) is 0 Å². The molecule has 1 aromatic rings. The molecule has 0 amide bonds. The highest BCUT2D eigenvalue weighted by atomic mass is 79.9. The van der Waals surface area contributed by atoms with Crippen molar-refractivity contribution in [3.05, 3.63) is 34.3 Å². The molecule has 0 aromatic heterocycles. The van der Waals surface area contributed by atoms with Crippen LogP contribution >= 0.6 is 15.9 Å². The fraction of sp³-hybridized carbons (Fsp3) is 0.500. The zero-order valence-corrected chi connectivity index (χ0v) is 10.3. The van der Waals surface area contributed by atoms with Gasteiger partial charge in [-0.3, -0.25) is 4.90 Å². The molecule has 1 heterocycles. The lowest BCUT2D eigenvalue weighted by Gasteiger charge is -2.15. The molecule has 1 saturated heterocycles. The van der Waals surface area contributed by atoms with Crippen LogP contribution in [-0.4, -0.2) is 29.7 Å². The number of aliphatic hydroxyl groups is 1. The average molecular weight is 270 g/mol. The zero-order chi connectivity index (χ0) is 10.7. The molecule has 1 N–H and O–H groups in total. The summed E-state index contributed by atoms with van der Waals surface area (Å²) in [4.78, 5) is 2.41. The van der Waals surface area contributed by atoms with Crippen molar-refractivity contribution in [1.29, 1.82) is 0 Å². The van der Waals surface area contributed by atoms with E-state index in [1.54, 1.807) is 0 Å². The Morgan fingerprint density at radius 2 is 2.33 bits per heavy atom. The molecule has 1 aliphatic rings. The van der Waals surface area contributed by atoms with Gasteiger partial charge in [0.05, 0.1) is 0 Å². The standard InChI is InChI=1S/C12H16BrNO/c13-12-3-1-2-10(6-12)7-14-5-4-11(8-14)9-15/h1-3,6,11,15H,4-5,7-9H2/t11-/m0/s1. The third-order valence-electron chi connectivity index (χ3n) is 2.92. The van der Waals surface area contributed by atoms with E-state index in [0.717, 1.165) is 30.5 Å². The minimum absolute atomic E-state index is 0.328. The molecule has 0 saturated carbocycles. The summed E-state index contributed by atoms with van der Waals surface area (Å²) >= 11 is 3.48. The van der Waals surface area contributed by atoms with Gasteiger partial charge in [0.15, 0.2) is 0 Å². The number of nitrogens with zero attached hydrogens (tertiary/aromatic N) is 1. The van der Waals surface area contributed by atoms with Crippen LogP contribution in [-0.2, 0) is 6.54 Å². The van der Waals surface area contributed by atoms with E-state index in [1.165, 1.54) is 5.56 Å². The first-order valence-electron chi connectivity index (χ1n) is 5.35. The van der Waals surface area contributed by atoms with E-state index < -0.39 is 0 Å². The summed E-state index contributed by atoms with van der Waals surface area (Å²) in [5.41, 5.74) is 1.34. The molecule has 1 fully saturated rings. The normalized spacial score (nSPS) is 22.1. The Kier molecular flexibility index (Phi) is 3.78. The van der Waals surface area contributed by atoms with E-state index in [4.69, 9.17) is 5.11 Å². The summed E-state index contributed by atoms with van der Waals surface area (Å²) in [6.45, 7) is 3.46. The van der Waals surface area contributed by atoms with Crippen LogP contribution in [0.4, 0.5) is 0 Å². The van der Waals surface area contributed by atoms with Crippen LogP contribution in [0.2, 0.25) is 0 Å². The lowest BCUT2D eigenvalue weighted by molar-refractivity contribution is 0.220. The fourth-order valence-electron chi connectivity index (χ4n) is 2.10. The molecule has 0 spiro atoms. The second-order valence-corrected chi connectivity index (χ2v) is 5.12. The Morgan fingerprint density at radius 3 is 3.00 bits per heavy atom. The minimum Gasteiger partial charge on any atom is -0.396 e. The molecular weight excluding hydrogens is 254 g/mol. The van der Waals surface area contributed by atoms with Gasteiger partial charge in [0.25, 0.3) is 0 Å². The van der Waals surface area contributed by atoms with Gasteiger partial charge in [0, 0.05) is 24.2 Å². The summed E-state index contributed by atoms with van der Waals surface area (Å²) in [7, 11) is 0. The Labute approximate surface area is 99.0 Å². The van der Waals surface area contributed by atoms with Crippen molar-refractivity contribution in [1.82, 2.24) is 4.90 Å². The van der Waals surface area contributed by atoms with Crippen LogP contribution in [0.5, 0.6) is 0 Å². The van der Waals surface area contributed by atoms with E-state index in [1.807, 2.05) is 6.07 Å². The predicted octanol–water partition coefficient (Wildman–Crippen LogP) is 2.26. The largest absolute Gasteiger partial charge is 0.396 e. The number of hydrogen-bond acceptors (Lipinski definition) is 2. The van der Waals surface area contributed by atoms with Gasteiger partial charge >= 0.3 is 0 Å². The smallest absolute Gasteiger partial charge is 0.0471 e. The van der Waals surface area contributed by atoms with Gasteiger partial charge in [-0.05, 0) is 36.6 Å². The summed E-state index contributed by atoms with van der Waals surface area (Å²) in [6.07, 6.45) is 1.13. The Balaban J connectivity index is 1.92. The molecular formula is C12H16BrNO. The molecule has 1 aromatic carbocycles. The molecule has 2 nitrogen and oxygen atoms in total. The maximum absolute atomic E-state index is 9.06. The maximum atomic E-state index is 9.06. The monoisotopic (exact) mass is 269 g/mol.